The Morgan fingerprint density at radius 1 is 1.59 bits per heavy atom. The minimum Gasteiger partial charge on any atom is -0.368 e. The van der Waals surface area contributed by atoms with Crippen LogP contribution in [0.5, 0.6) is 0 Å². The van der Waals surface area contributed by atoms with Crippen molar-refractivity contribution in [1.29, 1.82) is 0 Å². The van der Waals surface area contributed by atoms with E-state index < -0.39 is 0 Å². The Balaban J connectivity index is 2.33. The molecule has 3 N–H and O–H groups in total. The average Bonchev–Trinajstić information content (AvgIpc) is 2.25. The van der Waals surface area contributed by atoms with Crippen molar-refractivity contribution in [2.45, 2.75) is 24.8 Å². The maximum atomic E-state index is 11.3. The first-order chi connectivity index (χ1) is 8.11. The number of thioether (sulfide) groups is 1. The summed E-state index contributed by atoms with van der Waals surface area (Å²) in [7, 11) is 0. The third-order valence-corrected chi connectivity index (χ3v) is 2.95. The maximum absolute atomic E-state index is 11.3. The molecule has 1 heterocycles. The molecule has 17 heavy (non-hydrogen) atoms. The lowest BCUT2D eigenvalue weighted by Gasteiger charge is -2.03. The van der Waals surface area contributed by atoms with Gasteiger partial charge in [0.15, 0.2) is 0 Å². The molecular formula is C10H15ClN4OS. The third kappa shape index (κ3) is 5.74. The summed E-state index contributed by atoms with van der Waals surface area (Å²) in [5.74, 6) is 0.838. The minimum absolute atomic E-state index is 0.0486. The van der Waals surface area contributed by atoms with E-state index in [1.165, 1.54) is 11.8 Å². The highest BCUT2D eigenvalue weighted by atomic mass is 35.5. The number of nitrogens with zero attached hydrogens (tertiary/aromatic N) is 2. The second kappa shape index (κ2) is 7.34. The molecule has 0 radical (unpaired) electrons. The molecule has 0 fully saturated rings. The fourth-order valence-electron chi connectivity index (χ4n) is 1.09. The summed E-state index contributed by atoms with van der Waals surface area (Å²) in [5.41, 5.74) is 5.46. The molecule has 1 amide bonds. The number of aromatic nitrogens is 2. The van der Waals surface area contributed by atoms with Crippen molar-refractivity contribution in [3.63, 3.8) is 0 Å². The van der Waals surface area contributed by atoms with Gasteiger partial charge in [0.25, 0.3) is 0 Å². The summed E-state index contributed by atoms with van der Waals surface area (Å²) in [5, 5.41) is 3.81. The second-order valence-corrected chi connectivity index (χ2v) is 4.84. The Kier molecular flexibility index (Phi) is 6.07. The van der Waals surface area contributed by atoms with Crippen LogP contribution in [0.4, 0.5) is 5.95 Å². The monoisotopic (exact) mass is 274 g/mol. The molecule has 0 spiro atoms. The first kappa shape index (κ1) is 14.1. The van der Waals surface area contributed by atoms with Gasteiger partial charge in [-0.1, -0.05) is 18.5 Å². The van der Waals surface area contributed by atoms with Gasteiger partial charge >= 0.3 is 0 Å². The quantitative estimate of drug-likeness (QED) is 0.610. The molecule has 0 aliphatic carbocycles. The normalized spacial score (nSPS) is 10.2. The zero-order valence-corrected chi connectivity index (χ0v) is 11.1. The molecule has 0 saturated carbocycles. The van der Waals surface area contributed by atoms with Gasteiger partial charge in [0.05, 0.1) is 0 Å². The summed E-state index contributed by atoms with van der Waals surface area (Å²) < 4.78 is 0. The summed E-state index contributed by atoms with van der Waals surface area (Å²) in [4.78, 5) is 19.1. The predicted octanol–water partition coefficient (Wildman–Crippen LogP) is 1.72. The molecule has 0 aromatic carbocycles. The molecule has 1 rings (SSSR count). The van der Waals surface area contributed by atoms with E-state index in [0.717, 1.165) is 13.0 Å². The molecule has 0 saturated heterocycles. The number of hydrogen-bond donors (Lipinski definition) is 2. The summed E-state index contributed by atoms with van der Waals surface area (Å²) in [6.45, 7) is 2.73. The summed E-state index contributed by atoms with van der Waals surface area (Å²) in [6.07, 6.45) is 1.39. The van der Waals surface area contributed by atoms with Crippen molar-refractivity contribution in [3.8, 4) is 0 Å². The van der Waals surface area contributed by atoms with Crippen LogP contribution in [0, 0.1) is 0 Å². The topological polar surface area (TPSA) is 80.9 Å². The van der Waals surface area contributed by atoms with Crippen LogP contribution in [0.15, 0.2) is 11.1 Å². The van der Waals surface area contributed by atoms with Crippen LogP contribution in [0.2, 0.25) is 5.15 Å². The number of halogens is 1. The lowest BCUT2D eigenvalue weighted by molar-refractivity contribution is -0.120. The van der Waals surface area contributed by atoms with Crippen molar-refractivity contribution < 1.29 is 4.79 Å². The molecule has 1 aromatic rings. The van der Waals surface area contributed by atoms with E-state index >= 15 is 0 Å². The first-order valence-electron chi connectivity index (χ1n) is 5.31. The van der Waals surface area contributed by atoms with Crippen molar-refractivity contribution >= 4 is 35.2 Å². The highest BCUT2D eigenvalue weighted by Crippen LogP contribution is 2.19. The van der Waals surface area contributed by atoms with E-state index in [2.05, 4.69) is 15.3 Å². The smallest absolute Gasteiger partial charge is 0.222 e. The van der Waals surface area contributed by atoms with Crippen LogP contribution in [0.25, 0.3) is 0 Å². The van der Waals surface area contributed by atoms with E-state index in [1.807, 2.05) is 6.92 Å². The van der Waals surface area contributed by atoms with Gasteiger partial charge in [0, 0.05) is 24.8 Å². The molecule has 0 bridgehead atoms. The zero-order chi connectivity index (χ0) is 12.7. The highest BCUT2D eigenvalue weighted by molar-refractivity contribution is 7.99. The largest absolute Gasteiger partial charge is 0.368 e. The van der Waals surface area contributed by atoms with Crippen LogP contribution < -0.4 is 11.1 Å². The lowest BCUT2D eigenvalue weighted by Crippen LogP contribution is -2.24. The van der Waals surface area contributed by atoms with Gasteiger partial charge in [-0.25, -0.2) is 9.97 Å². The van der Waals surface area contributed by atoms with Gasteiger partial charge in [-0.3, -0.25) is 4.79 Å². The van der Waals surface area contributed by atoms with E-state index in [4.69, 9.17) is 17.3 Å². The van der Waals surface area contributed by atoms with Crippen LogP contribution >= 0.6 is 23.4 Å². The van der Waals surface area contributed by atoms with E-state index in [1.54, 1.807) is 6.07 Å². The van der Waals surface area contributed by atoms with Crippen molar-refractivity contribution in [3.05, 3.63) is 11.2 Å². The summed E-state index contributed by atoms with van der Waals surface area (Å²) >= 11 is 7.17. The predicted molar refractivity (Wildman–Crippen MR) is 70.1 cm³/mol. The molecule has 0 unspecified atom stereocenters. The molecule has 0 atom stereocenters. The Bertz CT molecular complexity index is 368. The van der Waals surface area contributed by atoms with Gasteiger partial charge in [-0.2, -0.15) is 0 Å². The second-order valence-electron chi connectivity index (χ2n) is 3.34. The molecule has 1 aromatic heterocycles. The summed E-state index contributed by atoms with van der Waals surface area (Å²) in [6, 6.07) is 1.63. The number of carbonyl (C=O) groups is 1. The van der Waals surface area contributed by atoms with Gasteiger partial charge in [-0.05, 0) is 6.42 Å². The van der Waals surface area contributed by atoms with Crippen LogP contribution in [-0.2, 0) is 4.79 Å². The Morgan fingerprint density at radius 3 is 3.00 bits per heavy atom. The highest BCUT2D eigenvalue weighted by Gasteiger charge is 2.04. The standard InChI is InChI=1S/C10H15ClN4OS/c1-2-4-13-8(16)3-5-17-9-6-7(11)14-10(12)15-9/h6H,2-5H2,1H3,(H,13,16)(H2,12,14,15). The van der Waals surface area contributed by atoms with Crippen molar-refractivity contribution in [2.24, 2.45) is 0 Å². The fraction of sp³-hybridized carbons (Fsp3) is 0.500. The fourth-order valence-corrected chi connectivity index (χ4v) is 2.19. The molecule has 0 aliphatic heterocycles. The van der Waals surface area contributed by atoms with Gasteiger partial charge < -0.3 is 11.1 Å². The van der Waals surface area contributed by atoms with Gasteiger partial charge in [-0.15, -0.1) is 11.8 Å². The lowest BCUT2D eigenvalue weighted by atomic mass is 10.4. The van der Waals surface area contributed by atoms with Crippen molar-refractivity contribution in [2.75, 3.05) is 18.0 Å². The average molecular weight is 275 g/mol. The number of nitrogens with one attached hydrogen (secondary N) is 1. The number of amides is 1. The van der Waals surface area contributed by atoms with Crippen molar-refractivity contribution in [1.82, 2.24) is 15.3 Å². The Morgan fingerprint density at radius 2 is 2.35 bits per heavy atom. The first-order valence-corrected chi connectivity index (χ1v) is 6.67. The number of carbonyl (C=O) groups excluding carboxylic acids is 1. The molecule has 94 valence electrons. The van der Waals surface area contributed by atoms with Gasteiger partial charge in [0.1, 0.15) is 10.2 Å². The molecule has 0 aliphatic rings. The number of hydrogen-bond acceptors (Lipinski definition) is 5. The SMILES string of the molecule is CCCNC(=O)CCSc1cc(Cl)nc(N)n1. The number of rotatable bonds is 6. The Labute approximate surface area is 110 Å². The molecule has 7 heteroatoms. The van der Waals surface area contributed by atoms with E-state index in [-0.39, 0.29) is 11.9 Å². The maximum Gasteiger partial charge on any atom is 0.222 e. The molecular weight excluding hydrogens is 260 g/mol. The van der Waals surface area contributed by atoms with Crippen LogP contribution in [0.3, 0.4) is 0 Å². The van der Waals surface area contributed by atoms with Crippen LogP contribution in [0.1, 0.15) is 19.8 Å². The number of nitrogens with two attached hydrogens (primary N) is 1. The van der Waals surface area contributed by atoms with Gasteiger partial charge in [0.2, 0.25) is 11.9 Å². The Hall–Kier alpha value is -1.01. The van der Waals surface area contributed by atoms with Crippen LogP contribution in [-0.4, -0.2) is 28.2 Å². The minimum atomic E-state index is 0.0486. The van der Waals surface area contributed by atoms with E-state index in [0.29, 0.717) is 22.4 Å². The zero-order valence-electron chi connectivity index (χ0n) is 9.57. The molecule has 5 nitrogen and oxygen atoms in total. The number of anilines is 1. The third-order valence-electron chi connectivity index (χ3n) is 1.84. The van der Waals surface area contributed by atoms with E-state index in [9.17, 15) is 4.79 Å². The number of nitrogen functional groups attached to an aromatic ring is 1.